The molecular weight excluding hydrogens is 340 g/mol. The number of rotatable bonds is 7. The number of aliphatic hydroxyl groups is 1. The molecule has 8 nitrogen and oxygen atoms in total. The molecule has 1 N–H and O–H groups in total. The highest BCUT2D eigenvalue weighted by molar-refractivity contribution is 8.15. The van der Waals surface area contributed by atoms with Gasteiger partial charge in [-0.25, -0.2) is 0 Å². The maximum absolute atomic E-state index is 12.3. The second kappa shape index (κ2) is 9.14. The van der Waals surface area contributed by atoms with E-state index >= 15 is 0 Å². The minimum atomic E-state index is -1.05. The van der Waals surface area contributed by atoms with E-state index in [0.29, 0.717) is 11.8 Å². The lowest BCUT2D eigenvalue weighted by atomic mass is 10.2. The first-order valence-corrected chi connectivity index (χ1v) is 7.60. The Hall–Kier alpha value is -2.26. The maximum atomic E-state index is 12.3. The van der Waals surface area contributed by atoms with Gasteiger partial charge in [0.05, 0.1) is 27.9 Å². The van der Waals surface area contributed by atoms with Gasteiger partial charge in [-0.1, -0.05) is 11.8 Å². The van der Waals surface area contributed by atoms with Crippen LogP contribution in [0.15, 0.2) is 12.1 Å². The van der Waals surface area contributed by atoms with Crippen LogP contribution in [0.5, 0.6) is 17.2 Å². The highest BCUT2D eigenvalue weighted by atomic mass is 32.2. The number of thioether (sulfide) groups is 1. The van der Waals surface area contributed by atoms with Crippen LogP contribution in [0.2, 0.25) is 0 Å². The van der Waals surface area contributed by atoms with Crippen LogP contribution in [0.1, 0.15) is 17.3 Å². The molecule has 0 aliphatic heterocycles. The lowest BCUT2D eigenvalue weighted by Crippen LogP contribution is -2.24. The number of hydrogen-bond donors (Lipinski definition) is 1. The van der Waals surface area contributed by atoms with Gasteiger partial charge in [0.25, 0.3) is 0 Å². The summed E-state index contributed by atoms with van der Waals surface area (Å²) >= 11 is 0.606. The Labute approximate surface area is 143 Å². The fourth-order valence-electron chi connectivity index (χ4n) is 1.73. The van der Waals surface area contributed by atoms with Gasteiger partial charge in [-0.15, -0.1) is 0 Å². The number of carbonyl (C=O) groups excluding carboxylic acids is 3. The van der Waals surface area contributed by atoms with Gasteiger partial charge >= 0.3 is 11.9 Å². The highest BCUT2D eigenvalue weighted by Crippen LogP contribution is 2.39. The number of esters is 2. The molecule has 1 aromatic carbocycles. The van der Waals surface area contributed by atoms with Crippen LogP contribution < -0.4 is 14.2 Å². The molecule has 0 aliphatic rings. The van der Waals surface area contributed by atoms with Crippen molar-refractivity contribution in [3.8, 4) is 17.2 Å². The number of carbonyl (C=O) groups is 3. The molecule has 0 heterocycles. The molecule has 0 bridgehead atoms. The van der Waals surface area contributed by atoms with Crippen molar-refractivity contribution in [2.75, 3.05) is 27.9 Å². The van der Waals surface area contributed by atoms with Crippen molar-refractivity contribution in [2.45, 2.75) is 12.2 Å². The van der Waals surface area contributed by atoms with Gasteiger partial charge in [-0.2, -0.15) is 0 Å². The minimum absolute atomic E-state index is 0.0423. The van der Waals surface area contributed by atoms with Crippen molar-refractivity contribution >= 4 is 28.8 Å². The van der Waals surface area contributed by atoms with Crippen molar-refractivity contribution in [3.05, 3.63) is 17.7 Å². The first-order valence-electron chi connectivity index (χ1n) is 6.72. The zero-order chi connectivity index (χ0) is 18.3. The van der Waals surface area contributed by atoms with Crippen molar-refractivity contribution in [3.63, 3.8) is 0 Å². The highest BCUT2D eigenvalue weighted by Gasteiger charge is 2.25. The van der Waals surface area contributed by atoms with Crippen LogP contribution >= 0.6 is 11.8 Å². The summed E-state index contributed by atoms with van der Waals surface area (Å²) in [7, 11) is 3.85. The third-order valence-electron chi connectivity index (χ3n) is 2.82. The molecule has 0 amide bonds. The van der Waals surface area contributed by atoms with E-state index in [1.807, 2.05) is 0 Å². The summed E-state index contributed by atoms with van der Waals surface area (Å²) in [6.07, 6.45) is 0. The summed E-state index contributed by atoms with van der Waals surface area (Å²) in [4.78, 5) is 35.0. The van der Waals surface area contributed by atoms with Crippen LogP contribution in [0.4, 0.5) is 0 Å². The summed E-state index contributed by atoms with van der Waals surface area (Å²) in [6, 6.07) is 2.70. The van der Waals surface area contributed by atoms with Gasteiger partial charge in [0.15, 0.2) is 11.5 Å². The predicted molar refractivity (Wildman–Crippen MR) is 85.7 cm³/mol. The van der Waals surface area contributed by atoms with Gasteiger partial charge in [-0.3, -0.25) is 14.4 Å². The fourth-order valence-corrected chi connectivity index (χ4v) is 2.51. The average Bonchev–Trinajstić information content (AvgIpc) is 2.58. The SMILES string of the molecule is COC(=O)[C@H](CO)SC(=O)c1cc(OC)c(OC(C)=O)c(OC)c1. The Morgan fingerprint density at radius 1 is 1.12 bits per heavy atom. The van der Waals surface area contributed by atoms with Crippen molar-refractivity contribution in [2.24, 2.45) is 0 Å². The topological polar surface area (TPSA) is 108 Å². The number of aliphatic hydroxyl groups excluding tert-OH is 1. The first-order chi connectivity index (χ1) is 11.4. The number of benzene rings is 1. The van der Waals surface area contributed by atoms with Gasteiger partial charge in [-0.05, 0) is 12.1 Å². The monoisotopic (exact) mass is 358 g/mol. The van der Waals surface area contributed by atoms with Crippen molar-refractivity contribution in [1.82, 2.24) is 0 Å². The molecule has 0 aliphatic carbocycles. The van der Waals surface area contributed by atoms with Crippen molar-refractivity contribution < 1.29 is 38.4 Å². The predicted octanol–water partition coefficient (Wildman–Crippen LogP) is 1.04. The standard InChI is InChI=1S/C15H18O8S/c1-8(17)23-13-10(20-2)5-9(6-11(13)21-3)15(19)24-12(7-16)14(18)22-4/h5-6,12,16H,7H2,1-4H3/t12-/m0/s1. The average molecular weight is 358 g/mol. The van der Waals surface area contributed by atoms with E-state index in [0.717, 1.165) is 7.11 Å². The van der Waals surface area contributed by atoms with Gasteiger partial charge in [0.1, 0.15) is 5.25 Å². The molecule has 9 heteroatoms. The molecule has 0 fully saturated rings. The van der Waals surface area contributed by atoms with Gasteiger partial charge in [0, 0.05) is 12.5 Å². The molecule has 0 spiro atoms. The van der Waals surface area contributed by atoms with Crippen LogP contribution in [-0.2, 0) is 14.3 Å². The Morgan fingerprint density at radius 2 is 1.67 bits per heavy atom. The lowest BCUT2D eigenvalue weighted by molar-refractivity contribution is -0.140. The Morgan fingerprint density at radius 3 is 2.04 bits per heavy atom. The molecule has 24 heavy (non-hydrogen) atoms. The number of hydrogen-bond acceptors (Lipinski definition) is 9. The lowest BCUT2D eigenvalue weighted by Gasteiger charge is -2.15. The molecule has 0 saturated heterocycles. The third kappa shape index (κ3) is 4.87. The number of ether oxygens (including phenoxy) is 4. The smallest absolute Gasteiger partial charge is 0.321 e. The van der Waals surface area contributed by atoms with Crippen molar-refractivity contribution in [1.29, 1.82) is 0 Å². The molecule has 1 aromatic rings. The second-order valence-electron chi connectivity index (χ2n) is 4.40. The summed E-state index contributed by atoms with van der Waals surface area (Å²) in [6.45, 7) is 0.666. The van der Waals surface area contributed by atoms with E-state index in [1.54, 1.807) is 0 Å². The largest absolute Gasteiger partial charge is 0.493 e. The third-order valence-corrected chi connectivity index (χ3v) is 3.90. The summed E-state index contributed by atoms with van der Waals surface area (Å²) in [5, 5.41) is 7.63. The Kier molecular flexibility index (Phi) is 7.53. The molecule has 1 atom stereocenters. The fraction of sp³-hybridized carbons (Fsp3) is 0.400. The molecule has 0 unspecified atom stereocenters. The van der Waals surface area contributed by atoms with E-state index in [1.165, 1.54) is 33.3 Å². The van der Waals surface area contributed by atoms with E-state index < -0.39 is 28.9 Å². The summed E-state index contributed by atoms with van der Waals surface area (Å²) < 4.78 is 19.8. The van der Waals surface area contributed by atoms with Crippen LogP contribution in [0.25, 0.3) is 0 Å². The quantitative estimate of drug-likeness (QED) is 0.565. The van der Waals surface area contributed by atoms with Gasteiger partial charge in [0.2, 0.25) is 10.9 Å². The molecular formula is C15H18O8S. The molecule has 132 valence electrons. The number of methoxy groups -OCH3 is 3. The second-order valence-corrected chi connectivity index (χ2v) is 5.58. The van der Waals surface area contributed by atoms with E-state index in [9.17, 15) is 19.5 Å². The molecule has 0 aromatic heterocycles. The summed E-state index contributed by atoms with van der Waals surface area (Å²) in [5.41, 5.74) is 0.145. The Bertz CT molecular complexity index is 603. The zero-order valence-electron chi connectivity index (χ0n) is 13.7. The molecule has 1 rings (SSSR count). The normalized spacial score (nSPS) is 11.4. The summed E-state index contributed by atoms with van der Waals surface area (Å²) in [5.74, 6) is -1.02. The van der Waals surface area contributed by atoms with E-state index in [-0.39, 0.29) is 22.8 Å². The van der Waals surface area contributed by atoms with Crippen LogP contribution in [0.3, 0.4) is 0 Å². The Balaban J connectivity index is 3.17. The zero-order valence-corrected chi connectivity index (χ0v) is 14.5. The van der Waals surface area contributed by atoms with E-state index in [2.05, 4.69) is 4.74 Å². The first kappa shape index (κ1) is 19.8. The van der Waals surface area contributed by atoms with Crippen LogP contribution in [0, 0.1) is 0 Å². The van der Waals surface area contributed by atoms with Gasteiger partial charge < -0.3 is 24.1 Å². The molecule has 0 radical (unpaired) electrons. The maximum Gasteiger partial charge on any atom is 0.321 e. The van der Waals surface area contributed by atoms with Crippen LogP contribution in [-0.4, -0.2) is 55.3 Å². The van der Waals surface area contributed by atoms with E-state index in [4.69, 9.17) is 14.2 Å². The molecule has 0 saturated carbocycles. The minimum Gasteiger partial charge on any atom is -0.493 e.